The minimum Gasteiger partial charge on any atom is -0.370 e. The number of carbonyl (C=O) groups is 3. The molecule has 0 bridgehead atoms. The fourth-order valence-corrected chi connectivity index (χ4v) is 2.24. The van der Waals surface area contributed by atoms with E-state index in [1.165, 1.54) is 18.4 Å². The molecule has 3 amide bonds. The number of hydrogen-bond acceptors (Lipinski definition) is 4. The van der Waals surface area contributed by atoms with Crippen molar-refractivity contribution in [3.8, 4) is 0 Å². The van der Waals surface area contributed by atoms with Crippen molar-refractivity contribution in [1.82, 2.24) is 10.6 Å². The lowest BCUT2D eigenvalue weighted by molar-refractivity contribution is -0.126. The summed E-state index contributed by atoms with van der Waals surface area (Å²) in [7, 11) is 1.43. The van der Waals surface area contributed by atoms with Crippen LogP contribution in [0.3, 0.4) is 0 Å². The van der Waals surface area contributed by atoms with E-state index in [-0.39, 0.29) is 12.3 Å². The molecular weight excluding hydrogens is 254 g/mol. The van der Waals surface area contributed by atoms with Crippen LogP contribution in [0.5, 0.6) is 0 Å². The van der Waals surface area contributed by atoms with Gasteiger partial charge in [0, 0.05) is 7.05 Å². The average Bonchev–Trinajstić information content (AvgIpc) is 2.73. The predicted octanol–water partition coefficient (Wildman–Crippen LogP) is -0.224. The van der Waals surface area contributed by atoms with Crippen LogP contribution >= 0.6 is 11.3 Å². The zero-order valence-electron chi connectivity index (χ0n) is 10.1. The summed E-state index contributed by atoms with van der Waals surface area (Å²) in [5.74, 6) is -1.47. The van der Waals surface area contributed by atoms with Gasteiger partial charge in [-0.15, -0.1) is 11.3 Å². The number of rotatable bonds is 5. The van der Waals surface area contributed by atoms with Crippen molar-refractivity contribution in [3.05, 3.63) is 21.9 Å². The fourth-order valence-electron chi connectivity index (χ4n) is 1.41. The van der Waals surface area contributed by atoms with Gasteiger partial charge in [-0.05, 0) is 23.9 Å². The third-order valence-corrected chi connectivity index (χ3v) is 3.36. The Morgan fingerprint density at radius 2 is 2.11 bits per heavy atom. The normalized spacial score (nSPS) is 11.7. The van der Waals surface area contributed by atoms with Crippen LogP contribution in [0.25, 0.3) is 0 Å². The highest BCUT2D eigenvalue weighted by Gasteiger charge is 2.23. The zero-order chi connectivity index (χ0) is 13.7. The van der Waals surface area contributed by atoms with Crippen LogP contribution in [0.1, 0.15) is 21.7 Å². The number of primary amides is 1. The molecule has 1 aromatic heterocycles. The highest BCUT2D eigenvalue weighted by Crippen LogP contribution is 2.15. The third kappa shape index (κ3) is 3.56. The lowest BCUT2D eigenvalue weighted by Crippen LogP contribution is -2.47. The molecule has 0 radical (unpaired) electrons. The number of thiophene rings is 1. The molecule has 18 heavy (non-hydrogen) atoms. The molecule has 1 atom stereocenters. The Bertz CT molecular complexity index is 470. The van der Waals surface area contributed by atoms with Crippen LogP contribution in [-0.2, 0) is 9.59 Å². The third-order valence-electron chi connectivity index (χ3n) is 2.34. The minimum absolute atomic E-state index is 0.226. The smallest absolute Gasteiger partial charge is 0.262 e. The van der Waals surface area contributed by atoms with Gasteiger partial charge < -0.3 is 16.4 Å². The second-order valence-electron chi connectivity index (χ2n) is 3.74. The largest absolute Gasteiger partial charge is 0.370 e. The Kier molecular flexibility index (Phi) is 4.85. The topological polar surface area (TPSA) is 101 Å². The summed E-state index contributed by atoms with van der Waals surface area (Å²) in [6, 6.07) is 0.865. The van der Waals surface area contributed by atoms with E-state index in [4.69, 9.17) is 5.73 Å². The fraction of sp³-hybridized carbons (Fsp3) is 0.364. The van der Waals surface area contributed by atoms with E-state index < -0.39 is 17.9 Å². The number of hydrogen-bond donors (Lipinski definition) is 3. The van der Waals surface area contributed by atoms with Gasteiger partial charge in [0.1, 0.15) is 6.04 Å². The highest BCUT2D eigenvalue weighted by atomic mass is 32.1. The predicted molar refractivity (Wildman–Crippen MR) is 68.2 cm³/mol. The first-order valence-electron chi connectivity index (χ1n) is 5.30. The van der Waals surface area contributed by atoms with Gasteiger partial charge in [-0.2, -0.15) is 0 Å². The first-order valence-corrected chi connectivity index (χ1v) is 6.18. The number of amides is 3. The molecule has 0 saturated heterocycles. The maximum Gasteiger partial charge on any atom is 0.262 e. The first kappa shape index (κ1) is 14.2. The minimum atomic E-state index is -0.943. The van der Waals surface area contributed by atoms with E-state index in [9.17, 15) is 14.4 Å². The highest BCUT2D eigenvalue weighted by molar-refractivity contribution is 7.12. The van der Waals surface area contributed by atoms with Crippen molar-refractivity contribution in [3.63, 3.8) is 0 Å². The molecular formula is C11H15N3O3S. The maximum atomic E-state index is 11.9. The van der Waals surface area contributed by atoms with E-state index in [2.05, 4.69) is 10.6 Å². The van der Waals surface area contributed by atoms with Crippen molar-refractivity contribution < 1.29 is 14.4 Å². The monoisotopic (exact) mass is 269 g/mol. The van der Waals surface area contributed by atoms with E-state index >= 15 is 0 Å². The van der Waals surface area contributed by atoms with Gasteiger partial charge >= 0.3 is 0 Å². The standard InChI is InChI=1S/C11H15N3O3S/c1-6-3-4-18-9(6)11(17)14-7(5-8(12)15)10(16)13-2/h3-4,7H,5H2,1-2H3,(H2,12,15)(H,13,16)(H,14,17)/t7-/m0/s1. The van der Waals surface area contributed by atoms with Crippen LogP contribution in [-0.4, -0.2) is 30.8 Å². The van der Waals surface area contributed by atoms with Crippen LogP contribution in [0.2, 0.25) is 0 Å². The first-order chi connectivity index (χ1) is 8.45. The molecule has 0 saturated carbocycles. The molecule has 0 aliphatic carbocycles. The molecule has 1 aromatic rings. The number of likely N-dealkylation sites (N-methyl/N-ethyl adjacent to an activating group) is 1. The lowest BCUT2D eigenvalue weighted by Gasteiger charge is -2.15. The molecule has 0 aliphatic rings. The SMILES string of the molecule is CNC(=O)[C@H](CC(N)=O)NC(=O)c1sccc1C. The molecule has 6 nitrogen and oxygen atoms in total. The lowest BCUT2D eigenvalue weighted by atomic mass is 10.1. The average molecular weight is 269 g/mol. The van der Waals surface area contributed by atoms with Gasteiger partial charge in [0.2, 0.25) is 11.8 Å². The zero-order valence-corrected chi connectivity index (χ0v) is 11.0. The molecule has 1 heterocycles. The molecule has 0 spiro atoms. The molecule has 7 heteroatoms. The van der Waals surface area contributed by atoms with Crippen LogP contribution in [0, 0.1) is 6.92 Å². The molecule has 0 aromatic carbocycles. The summed E-state index contributed by atoms with van der Waals surface area (Å²) in [5.41, 5.74) is 5.87. The second kappa shape index (κ2) is 6.15. The van der Waals surface area contributed by atoms with Crippen molar-refractivity contribution in [2.45, 2.75) is 19.4 Å². The molecule has 98 valence electrons. The molecule has 0 aliphatic heterocycles. The van der Waals surface area contributed by atoms with Crippen molar-refractivity contribution >= 4 is 29.1 Å². The summed E-state index contributed by atoms with van der Waals surface area (Å²) in [5, 5.41) is 6.66. The Morgan fingerprint density at radius 1 is 1.44 bits per heavy atom. The molecule has 0 unspecified atom stereocenters. The Labute approximate surface area is 109 Å². The van der Waals surface area contributed by atoms with Gasteiger partial charge in [0.25, 0.3) is 5.91 Å². The van der Waals surface area contributed by atoms with Crippen LogP contribution in [0.4, 0.5) is 0 Å². The Hall–Kier alpha value is -1.89. The van der Waals surface area contributed by atoms with Gasteiger partial charge in [-0.1, -0.05) is 0 Å². The van der Waals surface area contributed by atoms with E-state index in [0.717, 1.165) is 5.56 Å². The van der Waals surface area contributed by atoms with Crippen LogP contribution in [0.15, 0.2) is 11.4 Å². The van der Waals surface area contributed by atoms with E-state index in [0.29, 0.717) is 4.88 Å². The summed E-state index contributed by atoms with van der Waals surface area (Å²) in [4.78, 5) is 34.8. The summed E-state index contributed by atoms with van der Waals surface area (Å²) in [6.45, 7) is 1.80. The summed E-state index contributed by atoms with van der Waals surface area (Å²) >= 11 is 1.28. The Morgan fingerprint density at radius 3 is 2.56 bits per heavy atom. The summed E-state index contributed by atoms with van der Waals surface area (Å²) in [6.07, 6.45) is -0.226. The molecule has 4 N–H and O–H groups in total. The maximum absolute atomic E-state index is 11.9. The molecule has 0 fully saturated rings. The van der Waals surface area contributed by atoms with Crippen molar-refractivity contribution in [2.75, 3.05) is 7.05 Å². The van der Waals surface area contributed by atoms with Crippen molar-refractivity contribution in [1.29, 1.82) is 0 Å². The Balaban J connectivity index is 2.77. The van der Waals surface area contributed by atoms with Gasteiger partial charge in [-0.25, -0.2) is 0 Å². The summed E-state index contributed by atoms with van der Waals surface area (Å²) < 4.78 is 0. The number of carbonyl (C=O) groups excluding carboxylic acids is 3. The second-order valence-corrected chi connectivity index (χ2v) is 4.66. The number of nitrogens with two attached hydrogens (primary N) is 1. The van der Waals surface area contributed by atoms with Crippen molar-refractivity contribution in [2.24, 2.45) is 5.73 Å². The van der Waals surface area contributed by atoms with Gasteiger partial charge in [-0.3, -0.25) is 14.4 Å². The van der Waals surface area contributed by atoms with E-state index in [1.807, 2.05) is 6.07 Å². The number of aryl methyl sites for hydroxylation is 1. The quantitative estimate of drug-likeness (QED) is 0.688. The van der Waals surface area contributed by atoms with Crippen LogP contribution < -0.4 is 16.4 Å². The van der Waals surface area contributed by atoms with Gasteiger partial charge in [0.15, 0.2) is 0 Å². The van der Waals surface area contributed by atoms with E-state index in [1.54, 1.807) is 12.3 Å². The molecule has 1 rings (SSSR count). The number of nitrogens with one attached hydrogen (secondary N) is 2. The van der Waals surface area contributed by atoms with Gasteiger partial charge in [0.05, 0.1) is 11.3 Å².